The van der Waals surface area contributed by atoms with Crippen molar-refractivity contribution >= 4 is 75.1 Å². The molecule has 0 spiro atoms. The molecule has 2 aliphatic rings. The quantitative estimate of drug-likeness (QED) is 0.0708. The summed E-state index contributed by atoms with van der Waals surface area (Å²) in [7, 11) is 1.23. The monoisotopic (exact) mass is 1230 g/mol. The lowest BCUT2D eigenvalue weighted by Gasteiger charge is -2.43. The number of nitrogens with one attached hydrogen (secondary N) is 7. The highest BCUT2D eigenvalue weighted by atomic mass is 79.9. The lowest BCUT2D eigenvalue weighted by atomic mass is 9.96. The normalized spacial score (nSPS) is 24.2. The second-order valence-electron chi connectivity index (χ2n) is 22.3. The van der Waals surface area contributed by atoms with Gasteiger partial charge in [-0.25, -0.2) is 4.79 Å². The summed E-state index contributed by atoms with van der Waals surface area (Å²) in [5.74, 6) is -11.7. The number of piperidine rings is 1. The van der Waals surface area contributed by atoms with E-state index in [1.54, 1.807) is 53.7 Å². The molecular formula is C56H82BrN9O17. The molecule has 27 heteroatoms. The van der Waals surface area contributed by atoms with E-state index in [1.807, 2.05) is 0 Å². The van der Waals surface area contributed by atoms with Gasteiger partial charge in [0.15, 0.2) is 6.10 Å². The van der Waals surface area contributed by atoms with Gasteiger partial charge >= 0.3 is 5.97 Å². The summed E-state index contributed by atoms with van der Waals surface area (Å²) in [4.78, 5) is 144. The minimum absolute atomic E-state index is 0.00216. The van der Waals surface area contributed by atoms with E-state index in [9.17, 15) is 78.6 Å². The number of aliphatic hydroxyl groups is 4. The Bertz CT molecular complexity index is 2640. The van der Waals surface area contributed by atoms with Crippen LogP contribution in [-0.2, 0) is 65.5 Å². The Balaban J connectivity index is 1.72. The molecule has 2 saturated heterocycles. The van der Waals surface area contributed by atoms with Crippen molar-refractivity contribution in [2.45, 2.75) is 186 Å². The van der Waals surface area contributed by atoms with Gasteiger partial charge in [0, 0.05) is 13.5 Å². The van der Waals surface area contributed by atoms with E-state index < -0.39 is 156 Å². The minimum Gasteiger partial charge on any atom is -0.508 e. The SMILES string of the molecule is CC(C)C[C@@H]1NC(=O)[C@@H](NC(=O)[C@@H](NC(=O)[C@H](C)NC(=O)[C@H](CCCc2ccc(O)cc2)NC(=O)[C@H](O)CO)C(C)C)[C@@H](C)OC(=O)[C@H](C(C)C)NC(=O)[C@H](Cc2ccc(O)c(Br)c2)N(C)C(=O)[C@H]([C@H](C)O)N2C(=O)[C@H](CC[C@H]2O)NC1=O. The van der Waals surface area contributed by atoms with E-state index in [1.165, 1.54) is 58.2 Å². The van der Waals surface area contributed by atoms with Gasteiger partial charge in [-0.15, -0.1) is 0 Å². The molecule has 2 aromatic rings. The van der Waals surface area contributed by atoms with Crippen LogP contribution in [0.2, 0.25) is 0 Å². The van der Waals surface area contributed by atoms with Gasteiger partial charge in [-0.2, -0.15) is 0 Å². The van der Waals surface area contributed by atoms with E-state index in [0.717, 1.165) is 15.4 Å². The summed E-state index contributed by atoms with van der Waals surface area (Å²) in [6, 6.07) is -3.15. The van der Waals surface area contributed by atoms with Crippen LogP contribution in [0.3, 0.4) is 0 Å². The number of likely N-dealkylation sites (N-methyl/N-ethyl adjacent to an activating group) is 1. The summed E-state index contributed by atoms with van der Waals surface area (Å²) in [5.41, 5.74) is 1.20. The van der Waals surface area contributed by atoms with E-state index in [0.29, 0.717) is 18.4 Å². The number of phenols is 2. The number of carbonyl (C=O) groups excluding carboxylic acids is 10. The van der Waals surface area contributed by atoms with Crippen LogP contribution in [0.1, 0.15) is 106 Å². The number of aliphatic hydroxyl groups excluding tert-OH is 4. The lowest BCUT2D eigenvalue weighted by Crippen LogP contribution is -2.67. The maximum Gasteiger partial charge on any atom is 0.329 e. The van der Waals surface area contributed by atoms with Crippen molar-refractivity contribution in [2.24, 2.45) is 17.8 Å². The van der Waals surface area contributed by atoms with Crippen molar-refractivity contribution in [1.29, 1.82) is 0 Å². The molecule has 2 bridgehead atoms. The highest BCUT2D eigenvalue weighted by Gasteiger charge is 2.47. The molecular weight excluding hydrogens is 1150 g/mol. The molecule has 0 aromatic heterocycles. The van der Waals surface area contributed by atoms with Crippen LogP contribution in [0, 0.1) is 17.8 Å². The number of hydrogen-bond donors (Lipinski definition) is 13. The van der Waals surface area contributed by atoms with Gasteiger partial charge in [0.25, 0.3) is 5.91 Å². The fourth-order valence-corrected chi connectivity index (χ4v) is 9.95. The summed E-state index contributed by atoms with van der Waals surface area (Å²) in [6.45, 7) is 12.5. The van der Waals surface area contributed by atoms with Crippen LogP contribution < -0.4 is 37.2 Å². The van der Waals surface area contributed by atoms with Crippen LogP contribution in [-0.4, -0.2) is 192 Å². The number of esters is 1. The van der Waals surface area contributed by atoms with Gasteiger partial charge in [0.2, 0.25) is 47.3 Å². The Morgan fingerprint density at radius 2 is 1.41 bits per heavy atom. The Hall–Kier alpha value is -6.94. The van der Waals surface area contributed by atoms with Crippen molar-refractivity contribution in [2.75, 3.05) is 13.7 Å². The number of aryl methyl sites for hydroxylation is 1. The van der Waals surface area contributed by atoms with Crippen molar-refractivity contribution in [1.82, 2.24) is 47.0 Å². The number of fused-ring (bicyclic) bond motifs is 2. The van der Waals surface area contributed by atoms with Gasteiger partial charge in [-0.1, -0.05) is 59.7 Å². The van der Waals surface area contributed by atoms with Crippen LogP contribution in [0.25, 0.3) is 0 Å². The number of phenolic OH excluding ortho intramolecular Hbond substituents is 2. The second kappa shape index (κ2) is 31.1. The lowest BCUT2D eigenvalue weighted by molar-refractivity contribution is -0.170. The summed E-state index contributed by atoms with van der Waals surface area (Å²) < 4.78 is 6.14. The topological polar surface area (TPSA) is 392 Å². The molecule has 2 aromatic carbocycles. The zero-order valence-corrected chi connectivity index (χ0v) is 50.0. The molecule has 2 heterocycles. The molecule has 2 fully saturated rings. The second-order valence-corrected chi connectivity index (χ2v) is 23.2. The van der Waals surface area contributed by atoms with Crippen LogP contribution >= 0.6 is 15.9 Å². The van der Waals surface area contributed by atoms with Crippen LogP contribution in [0.4, 0.5) is 0 Å². The average Bonchev–Trinajstić information content (AvgIpc) is 3.51. The number of halogens is 1. The molecule has 0 aliphatic carbocycles. The van der Waals surface area contributed by atoms with E-state index in [4.69, 9.17) is 4.74 Å². The number of carbonyl (C=O) groups is 10. The van der Waals surface area contributed by atoms with Gasteiger partial charge in [0.1, 0.15) is 78.2 Å². The summed E-state index contributed by atoms with van der Waals surface area (Å²) >= 11 is 3.25. The number of benzene rings is 2. The third kappa shape index (κ3) is 19.0. The van der Waals surface area contributed by atoms with Gasteiger partial charge in [-0.05, 0) is 128 Å². The van der Waals surface area contributed by atoms with Gasteiger partial charge in [0.05, 0.1) is 17.2 Å². The third-order valence-corrected chi connectivity index (χ3v) is 15.0. The molecule has 0 unspecified atom stereocenters. The number of amides is 9. The summed E-state index contributed by atoms with van der Waals surface area (Å²) in [6.07, 6.45) is -6.75. The Morgan fingerprint density at radius 3 is 1.99 bits per heavy atom. The Kier molecular flexibility index (Phi) is 25.7. The number of rotatable bonds is 20. The van der Waals surface area contributed by atoms with E-state index in [-0.39, 0.29) is 54.0 Å². The van der Waals surface area contributed by atoms with E-state index in [2.05, 4.69) is 53.1 Å². The molecule has 13 atom stereocenters. The maximum atomic E-state index is 14.7. The highest BCUT2D eigenvalue weighted by Crippen LogP contribution is 2.28. The maximum absolute atomic E-state index is 14.7. The van der Waals surface area contributed by atoms with Gasteiger partial charge < -0.3 is 82.4 Å². The van der Waals surface area contributed by atoms with Crippen LogP contribution in [0.5, 0.6) is 11.5 Å². The standard InChI is InChI=1S/C56H82BrN9O17/c1-26(2)22-38-49(75)60-37-19-21-42(72)66(54(37)80)46(30(8)68)55(81)65(10)39(24-33-16-20-40(70)35(57)23-33)50(76)63-44(28(5)6)56(82)83-31(9)45(53(79)61-38)64-52(78)43(27(3)4)62-47(73)29(7)58-48(74)36(59-51(77)41(71)25-67)13-11-12-32-14-17-34(69)18-15-32/h14-18,20,23,26-31,36-39,41-46,67-72H,11-13,19,21-22,24-25H2,1-10H3,(H,58,74)(H,59,77)(H,60,75)(H,61,79)(H,62,73)(H,63,76)(H,64,78)/t29-,30-,31+,36-,37-,38-,39-,41+,42+,43-,44-,45-,46-/m0/s1. The van der Waals surface area contributed by atoms with Crippen molar-refractivity contribution in [3.8, 4) is 11.5 Å². The van der Waals surface area contributed by atoms with Crippen molar-refractivity contribution in [3.05, 3.63) is 58.1 Å². The molecule has 83 heavy (non-hydrogen) atoms. The minimum atomic E-state index is -1.86. The predicted octanol–water partition coefficient (Wildman–Crippen LogP) is -0.987. The van der Waals surface area contributed by atoms with Crippen molar-refractivity contribution < 1.29 is 83.3 Å². The first-order valence-corrected chi connectivity index (χ1v) is 28.5. The predicted molar refractivity (Wildman–Crippen MR) is 302 cm³/mol. The smallest absolute Gasteiger partial charge is 0.329 e. The van der Waals surface area contributed by atoms with Crippen molar-refractivity contribution in [3.63, 3.8) is 0 Å². The molecule has 0 radical (unpaired) electrons. The van der Waals surface area contributed by atoms with E-state index >= 15 is 0 Å². The molecule has 2 aliphatic heterocycles. The Morgan fingerprint density at radius 1 is 0.771 bits per heavy atom. The molecule has 26 nitrogen and oxygen atoms in total. The first-order chi connectivity index (χ1) is 38.9. The molecule has 460 valence electrons. The number of ether oxygens (including phenoxy) is 1. The molecule has 0 saturated carbocycles. The van der Waals surface area contributed by atoms with Gasteiger partial charge in [-0.3, -0.25) is 43.2 Å². The number of cyclic esters (lactones) is 1. The largest absolute Gasteiger partial charge is 0.508 e. The Labute approximate surface area is 490 Å². The first kappa shape index (κ1) is 68.6. The fraction of sp³-hybridized carbons (Fsp3) is 0.607. The molecule has 4 rings (SSSR count). The molecule has 13 N–H and O–H groups in total. The number of hydrogen-bond acceptors (Lipinski definition) is 17. The first-order valence-electron chi connectivity index (χ1n) is 27.7. The highest BCUT2D eigenvalue weighted by molar-refractivity contribution is 9.10. The number of aromatic hydroxyl groups is 2. The zero-order chi connectivity index (χ0) is 62.3. The fourth-order valence-electron chi connectivity index (χ4n) is 9.52. The average molecular weight is 1230 g/mol. The van der Waals surface area contributed by atoms with Crippen LogP contribution in [0.15, 0.2) is 46.9 Å². The number of nitrogens with zero attached hydrogens (tertiary/aromatic N) is 2. The zero-order valence-electron chi connectivity index (χ0n) is 48.4. The summed E-state index contributed by atoms with van der Waals surface area (Å²) in [5, 5.41) is 79.7. The molecule has 9 amide bonds. The third-order valence-electron chi connectivity index (χ3n) is 14.4.